The highest BCUT2D eigenvalue weighted by molar-refractivity contribution is 6.20. The minimum absolute atomic E-state index is 0.0558. The maximum absolute atomic E-state index is 14.4. The number of imidazole rings is 1. The van der Waals surface area contributed by atoms with Crippen molar-refractivity contribution in [3.63, 3.8) is 0 Å². The van der Waals surface area contributed by atoms with Gasteiger partial charge in [0.1, 0.15) is 17.3 Å². The van der Waals surface area contributed by atoms with Crippen LogP contribution in [0, 0.1) is 11.7 Å². The summed E-state index contributed by atoms with van der Waals surface area (Å²) in [4.78, 5) is 44.8. The molecule has 2 aliphatic carbocycles. The maximum atomic E-state index is 14.4. The van der Waals surface area contributed by atoms with E-state index >= 15 is 0 Å². The molecule has 9 nitrogen and oxygen atoms in total. The summed E-state index contributed by atoms with van der Waals surface area (Å²) in [6.45, 7) is 0. The smallest absolute Gasteiger partial charge is 0.246 e. The molecule has 4 aromatic rings. The van der Waals surface area contributed by atoms with E-state index in [1.165, 1.54) is 6.07 Å². The van der Waals surface area contributed by atoms with Crippen molar-refractivity contribution in [2.75, 3.05) is 5.32 Å². The molecular weight excluding hydrogens is 461 g/mol. The van der Waals surface area contributed by atoms with E-state index in [1.54, 1.807) is 47.4 Å². The number of hydrogen-bond donors (Lipinski definition) is 2. The second-order valence-corrected chi connectivity index (χ2v) is 9.74. The molecule has 4 heterocycles. The van der Waals surface area contributed by atoms with E-state index in [0.717, 1.165) is 25.7 Å². The summed E-state index contributed by atoms with van der Waals surface area (Å²) < 4.78 is 16.1. The second-order valence-electron chi connectivity index (χ2n) is 9.74. The Morgan fingerprint density at radius 3 is 2.78 bits per heavy atom. The molecule has 1 aromatic carbocycles. The van der Waals surface area contributed by atoms with Crippen LogP contribution < -0.4 is 10.6 Å². The van der Waals surface area contributed by atoms with Crippen LogP contribution in [0.3, 0.4) is 0 Å². The first-order chi connectivity index (χ1) is 17.5. The summed E-state index contributed by atoms with van der Waals surface area (Å²) in [5.41, 5.74) is 1.38. The lowest BCUT2D eigenvalue weighted by molar-refractivity contribution is -0.135. The van der Waals surface area contributed by atoms with E-state index in [0.29, 0.717) is 39.8 Å². The molecule has 3 aliphatic rings. The molecule has 2 saturated carbocycles. The van der Waals surface area contributed by atoms with Crippen LogP contribution in [-0.4, -0.2) is 42.2 Å². The number of nitrogens with zero attached hydrogens (tertiary/aromatic N) is 5. The Morgan fingerprint density at radius 2 is 2.00 bits per heavy atom. The molecule has 180 valence electrons. The van der Waals surface area contributed by atoms with Crippen LogP contribution >= 0.6 is 0 Å². The van der Waals surface area contributed by atoms with Crippen LogP contribution in [0.2, 0.25) is 0 Å². The molecule has 1 unspecified atom stereocenters. The fraction of sp³-hybridized carbons (Fsp3) is 0.308. The van der Waals surface area contributed by atoms with Crippen LogP contribution in [0.4, 0.5) is 10.2 Å². The number of carbonyl (C=O) groups is 2. The zero-order valence-corrected chi connectivity index (χ0v) is 19.2. The average Bonchev–Trinajstić information content (AvgIpc) is 3.80. The lowest BCUT2D eigenvalue weighted by atomic mass is 9.77. The maximum Gasteiger partial charge on any atom is 0.246 e. The lowest BCUT2D eigenvalue weighted by Crippen LogP contribution is -2.51. The first kappa shape index (κ1) is 21.1. The topological polar surface area (TPSA) is 114 Å². The van der Waals surface area contributed by atoms with Crippen molar-refractivity contribution in [2.45, 2.75) is 43.6 Å². The molecule has 2 amide bonds. The third kappa shape index (κ3) is 3.20. The quantitative estimate of drug-likeness (QED) is 0.408. The summed E-state index contributed by atoms with van der Waals surface area (Å²) in [6.07, 6.45) is 10.5. The van der Waals surface area contributed by atoms with E-state index in [2.05, 4.69) is 25.6 Å². The van der Waals surface area contributed by atoms with E-state index < -0.39 is 5.41 Å². The monoisotopic (exact) mass is 483 g/mol. The second kappa shape index (κ2) is 7.64. The molecule has 3 aromatic heterocycles. The summed E-state index contributed by atoms with van der Waals surface area (Å²) in [5.74, 6) is -0.334. The number of carbonyl (C=O) groups excluding carboxylic acids is 2. The van der Waals surface area contributed by atoms with Gasteiger partial charge in [-0.05, 0) is 43.2 Å². The van der Waals surface area contributed by atoms with Gasteiger partial charge in [0, 0.05) is 42.8 Å². The molecule has 0 saturated heterocycles. The number of rotatable bonds is 6. The number of anilines is 1. The number of nitrogens with one attached hydrogen (secondary N) is 2. The highest BCUT2D eigenvalue weighted by Crippen LogP contribution is 2.53. The molecule has 36 heavy (non-hydrogen) atoms. The van der Waals surface area contributed by atoms with Crippen molar-refractivity contribution in [2.24, 2.45) is 5.92 Å². The minimum Gasteiger partial charge on any atom is -0.352 e. The number of fused-ring (bicyclic) bond motifs is 2. The lowest BCUT2D eigenvalue weighted by Gasteiger charge is -2.25. The van der Waals surface area contributed by atoms with Crippen molar-refractivity contribution >= 4 is 23.3 Å². The standard InChI is InChI=1S/C26H22FN7O2/c27-18-4-2-1-3-14(18)11-19-23-28-9-10-34(23)13-20(31-19)22-29-12-17-21(32-22)33-25(36)26(17,15-5-6-15)24(35)30-16-7-8-16/h1-4,9-10,12-13,15-16H,5-8,11H2,(H,30,35)(H,29,32,33,36). The summed E-state index contributed by atoms with van der Waals surface area (Å²) in [5, 5.41) is 5.86. The SMILES string of the molecule is O=C1Nc2nc(-c3cn4ccnc4c(Cc4ccccc4F)n3)ncc2C1(C(=O)NC1CC1)C1CC1. The van der Waals surface area contributed by atoms with Gasteiger partial charge in [-0.1, -0.05) is 18.2 Å². The van der Waals surface area contributed by atoms with Crippen molar-refractivity contribution in [1.29, 1.82) is 0 Å². The molecule has 2 fully saturated rings. The highest BCUT2D eigenvalue weighted by Gasteiger charge is 2.62. The molecular formula is C26H22FN7O2. The average molecular weight is 484 g/mol. The molecule has 10 heteroatoms. The molecule has 7 rings (SSSR count). The normalized spacial score (nSPS) is 20.9. The van der Waals surface area contributed by atoms with Crippen LogP contribution in [-0.2, 0) is 21.4 Å². The first-order valence-corrected chi connectivity index (χ1v) is 12.1. The minimum atomic E-state index is -1.28. The van der Waals surface area contributed by atoms with Gasteiger partial charge in [-0.2, -0.15) is 0 Å². The Bertz CT molecular complexity index is 1560. The van der Waals surface area contributed by atoms with Crippen LogP contribution in [0.25, 0.3) is 17.2 Å². The first-order valence-electron chi connectivity index (χ1n) is 12.1. The van der Waals surface area contributed by atoms with E-state index in [-0.39, 0.29) is 36.0 Å². The Labute approximate surface area is 205 Å². The number of amides is 2. The zero-order valence-electron chi connectivity index (χ0n) is 19.2. The molecule has 0 spiro atoms. The Balaban J connectivity index is 1.30. The Hall–Kier alpha value is -4.21. The van der Waals surface area contributed by atoms with Crippen molar-refractivity contribution < 1.29 is 14.0 Å². The Morgan fingerprint density at radius 1 is 1.17 bits per heavy atom. The predicted molar refractivity (Wildman–Crippen MR) is 127 cm³/mol. The van der Waals surface area contributed by atoms with Gasteiger partial charge in [0.25, 0.3) is 0 Å². The van der Waals surface area contributed by atoms with Crippen LogP contribution in [0.1, 0.15) is 42.5 Å². The number of halogens is 1. The number of hydrogen-bond acceptors (Lipinski definition) is 6. The molecule has 1 aliphatic heterocycles. The zero-order chi connectivity index (χ0) is 24.4. The highest BCUT2D eigenvalue weighted by atomic mass is 19.1. The van der Waals surface area contributed by atoms with Gasteiger partial charge in [0.15, 0.2) is 16.9 Å². The van der Waals surface area contributed by atoms with Crippen molar-refractivity contribution in [3.8, 4) is 11.5 Å². The van der Waals surface area contributed by atoms with Gasteiger partial charge in [-0.3, -0.25) is 9.59 Å². The number of aromatic nitrogens is 5. The van der Waals surface area contributed by atoms with E-state index in [4.69, 9.17) is 4.98 Å². The summed E-state index contributed by atoms with van der Waals surface area (Å²) in [7, 11) is 0. The molecule has 1 atom stereocenters. The fourth-order valence-corrected chi connectivity index (χ4v) is 5.12. The largest absolute Gasteiger partial charge is 0.352 e. The van der Waals surface area contributed by atoms with Gasteiger partial charge < -0.3 is 15.0 Å². The third-order valence-electron chi connectivity index (χ3n) is 7.25. The van der Waals surface area contributed by atoms with Crippen LogP contribution in [0.15, 0.2) is 49.1 Å². The van der Waals surface area contributed by atoms with Gasteiger partial charge >= 0.3 is 0 Å². The number of benzene rings is 1. The van der Waals surface area contributed by atoms with Crippen LogP contribution in [0.5, 0.6) is 0 Å². The van der Waals surface area contributed by atoms with E-state index in [9.17, 15) is 14.0 Å². The Kier molecular flexibility index (Phi) is 4.48. The van der Waals surface area contributed by atoms with Crippen molar-refractivity contribution in [1.82, 2.24) is 29.7 Å². The van der Waals surface area contributed by atoms with Gasteiger partial charge in [0.2, 0.25) is 11.8 Å². The predicted octanol–water partition coefficient (Wildman–Crippen LogP) is 2.79. The molecule has 0 bridgehead atoms. The van der Waals surface area contributed by atoms with Gasteiger partial charge in [-0.25, -0.2) is 24.3 Å². The van der Waals surface area contributed by atoms with Gasteiger partial charge in [0.05, 0.1) is 5.69 Å². The molecule has 0 radical (unpaired) electrons. The summed E-state index contributed by atoms with van der Waals surface area (Å²) in [6, 6.07) is 6.70. The summed E-state index contributed by atoms with van der Waals surface area (Å²) >= 11 is 0. The fourth-order valence-electron chi connectivity index (χ4n) is 5.12. The van der Waals surface area contributed by atoms with Crippen molar-refractivity contribution in [3.05, 3.63) is 71.7 Å². The van der Waals surface area contributed by atoms with E-state index in [1.807, 2.05) is 0 Å². The van der Waals surface area contributed by atoms with Gasteiger partial charge in [-0.15, -0.1) is 0 Å². The third-order valence-corrected chi connectivity index (χ3v) is 7.25. The molecule has 2 N–H and O–H groups in total.